The Morgan fingerprint density at radius 3 is 2.92 bits per heavy atom. The minimum atomic E-state index is -0.368. The van der Waals surface area contributed by atoms with Gasteiger partial charge in [0.05, 0.1) is 5.56 Å². The van der Waals surface area contributed by atoms with E-state index < -0.39 is 0 Å². The lowest BCUT2D eigenvalue weighted by atomic mass is 9.96. The second-order valence-corrected chi connectivity index (χ2v) is 7.74. The topological polar surface area (TPSA) is 46.6 Å². The van der Waals surface area contributed by atoms with E-state index in [-0.39, 0.29) is 24.5 Å². The van der Waals surface area contributed by atoms with Gasteiger partial charge in [-0.25, -0.2) is 4.79 Å². The van der Waals surface area contributed by atoms with E-state index in [9.17, 15) is 9.59 Å². The van der Waals surface area contributed by atoms with Crippen LogP contribution in [0.25, 0.3) is 0 Å². The Kier molecular flexibility index (Phi) is 4.34. The van der Waals surface area contributed by atoms with E-state index in [4.69, 9.17) is 4.74 Å². The molecule has 0 radical (unpaired) electrons. The Morgan fingerprint density at radius 1 is 1.24 bits per heavy atom. The van der Waals surface area contributed by atoms with Gasteiger partial charge in [-0.1, -0.05) is 18.2 Å². The molecule has 1 unspecified atom stereocenters. The highest BCUT2D eigenvalue weighted by Gasteiger charge is 2.31. The molecule has 130 valence electrons. The zero-order valence-corrected chi connectivity index (χ0v) is 15.1. The molecule has 2 heterocycles. The van der Waals surface area contributed by atoms with Crippen LogP contribution in [-0.2, 0) is 28.8 Å². The first kappa shape index (κ1) is 16.3. The van der Waals surface area contributed by atoms with Gasteiger partial charge in [-0.2, -0.15) is 0 Å². The van der Waals surface area contributed by atoms with Gasteiger partial charge in [0, 0.05) is 22.0 Å². The quantitative estimate of drug-likeness (QED) is 0.788. The number of amides is 1. The third kappa shape index (κ3) is 2.97. The van der Waals surface area contributed by atoms with Gasteiger partial charge in [-0.15, -0.1) is 11.3 Å². The molecule has 1 aliphatic carbocycles. The summed E-state index contributed by atoms with van der Waals surface area (Å²) in [4.78, 5) is 28.1. The minimum absolute atomic E-state index is 0.0949. The number of carbonyl (C=O) groups is 2. The zero-order valence-electron chi connectivity index (χ0n) is 14.3. The Balaban J connectivity index is 1.44. The third-order valence-electron chi connectivity index (χ3n) is 5.08. The van der Waals surface area contributed by atoms with Crippen molar-refractivity contribution in [1.29, 1.82) is 0 Å². The largest absolute Gasteiger partial charge is 0.452 e. The van der Waals surface area contributed by atoms with E-state index in [0.717, 1.165) is 36.9 Å². The van der Waals surface area contributed by atoms with Crippen LogP contribution in [0.1, 0.15) is 46.1 Å². The molecule has 1 aromatic heterocycles. The maximum absolute atomic E-state index is 12.6. The summed E-state index contributed by atoms with van der Waals surface area (Å²) in [5, 5.41) is 1.89. The van der Waals surface area contributed by atoms with E-state index in [0.29, 0.717) is 5.56 Å². The van der Waals surface area contributed by atoms with Crippen molar-refractivity contribution in [2.45, 2.75) is 45.1 Å². The summed E-state index contributed by atoms with van der Waals surface area (Å²) in [6, 6.07) is 8.01. The van der Waals surface area contributed by atoms with Crippen molar-refractivity contribution in [3.05, 3.63) is 51.2 Å². The van der Waals surface area contributed by atoms with Crippen molar-refractivity contribution in [3.63, 3.8) is 0 Å². The van der Waals surface area contributed by atoms with Crippen molar-refractivity contribution in [1.82, 2.24) is 0 Å². The van der Waals surface area contributed by atoms with Crippen molar-refractivity contribution in [2.24, 2.45) is 0 Å². The number of para-hydroxylation sites is 1. The molecule has 0 N–H and O–H groups in total. The van der Waals surface area contributed by atoms with Crippen LogP contribution >= 0.6 is 11.3 Å². The van der Waals surface area contributed by atoms with Crippen LogP contribution < -0.4 is 4.90 Å². The van der Waals surface area contributed by atoms with E-state index in [1.165, 1.54) is 16.9 Å². The monoisotopic (exact) mass is 355 g/mol. The van der Waals surface area contributed by atoms with E-state index >= 15 is 0 Å². The number of aryl methyl sites for hydroxylation is 1. The van der Waals surface area contributed by atoms with Crippen LogP contribution in [0.3, 0.4) is 0 Å². The fourth-order valence-electron chi connectivity index (χ4n) is 3.89. The summed E-state index contributed by atoms with van der Waals surface area (Å²) in [6.45, 7) is 1.82. The highest BCUT2D eigenvalue weighted by molar-refractivity contribution is 7.10. The Hall–Kier alpha value is -2.14. The Morgan fingerprint density at radius 2 is 2.04 bits per heavy atom. The summed E-state index contributed by atoms with van der Waals surface area (Å²) >= 11 is 1.63. The lowest BCUT2D eigenvalue weighted by Crippen LogP contribution is -2.38. The molecule has 2 aliphatic rings. The number of benzene rings is 1. The van der Waals surface area contributed by atoms with E-state index in [1.807, 2.05) is 36.6 Å². The predicted octanol–water partition coefficient (Wildman–Crippen LogP) is 3.76. The Labute approximate surface area is 151 Å². The number of ether oxygens (including phenoxy) is 1. The van der Waals surface area contributed by atoms with Gasteiger partial charge in [0.15, 0.2) is 6.61 Å². The number of hydrogen-bond donors (Lipinski definition) is 0. The van der Waals surface area contributed by atoms with Crippen molar-refractivity contribution in [2.75, 3.05) is 11.5 Å². The molecule has 0 saturated heterocycles. The Bertz CT molecular complexity index is 826. The second kappa shape index (κ2) is 6.64. The number of rotatable bonds is 3. The van der Waals surface area contributed by atoms with Gasteiger partial charge in [0.25, 0.3) is 5.91 Å². The van der Waals surface area contributed by atoms with Crippen LogP contribution in [0.4, 0.5) is 5.69 Å². The van der Waals surface area contributed by atoms with Gasteiger partial charge in [-0.05, 0) is 56.2 Å². The summed E-state index contributed by atoms with van der Waals surface area (Å²) < 4.78 is 5.37. The van der Waals surface area contributed by atoms with Gasteiger partial charge in [0.1, 0.15) is 0 Å². The third-order valence-corrected chi connectivity index (χ3v) is 6.17. The molecular weight excluding hydrogens is 334 g/mol. The molecule has 0 bridgehead atoms. The number of thiophene rings is 1. The molecule has 1 aromatic carbocycles. The van der Waals surface area contributed by atoms with Gasteiger partial charge in [0.2, 0.25) is 0 Å². The molecule has 0 saturated carbocycles. The molecule has 1 atom stereocenters. The van der Waals surface area contributed by atoms with Crippen molar-refractivity contribution in [3.8, 4) is 0 Å². The standard InChI is InChI=1S/C20H21NO3S/c1-13-10-14-6-2-4-8-17(14)21(13)19(22)11-24-20(23)16-12-25-18-9-5-3-7-15(16)18/h2,4,6,8,12-13H,3,5,7,9-11H2,1H3. The van der Waals surface area contributed by atoms with Crippen molar-refractivity contribution < 1.29 is 14.3 Å². The summed E-state index contributed by atoms with van der Waals surface area (Å²) in [5.41, 5.74) is 3.89. The van der Waals surface area contributed by atoms with Crippen LogP contribution in [0.15, 0.2) is 29.6 Å². The maximum Gasteiger partial charge on any atom is 0.339 e. The first-order chi connectivity index (χ1) is 12.1. The second-order valence-electron chi connectivity index (χ2n) is 6.78. The summed E-state index contributed by atoms with van der Waals surface area (Å²) in [5.74, 6) is -0.525. The number of hydrogen-bond acceptors (Lipinski definition) is 4. The highest BCUT2D eigenvalue weighted by atomic mass is 32.1. The lowest BCUT2D eigenvalue weighted by Gasteiger charge is -2.22. The SMILES string of the molecule is CC1Cc2ccccc2N1C(=O)COC(=O)c1csc2c1CCCC2. The fraction of sp³-hybridized carbons (Fsp3) is 0.400. The molecular formula is C20H21NO3S. The van der Waals surface area contributed by atoms with Crippen LogP contribution in [-0.4, -0.2) is 24.5 Å². The smallest absolute Gasteiger partial charge is 0.339 e. The van der Waals surface area contributed by atoms with Crippen molar-refractivity contribution >= 4 is 28.9 Å². The van der Waals surface area contributed by atoms with Gasteiger partial charge >= 0.3 is 5.97 Å². The molecule has 4 rings (SSSR count). The number of fused-ring (bicyclic) bond motifs is 2. The average Bonchev–Trinajstić information content (AvgIpc) is 3.19. The predicted molar refractivity (Wildman–Crippen MR) is 98.3 cm³/mol. The first-order valence-electron chi connectivity index (χ1n) is 8.81. The molecule has 1 amide bonds. The normalized spacial score (nSPS) is 18.6. The molecule has 0 fully saturated rings. The zero-order chi connectivity index (χ0) is 17.4. The van der Waals surface area contributed by atoms with Gasteiger partial charge < -0.3 is 9.64 Å². The summed E-state index contributed by atoms with van der Waals surface area (Å²) in [7, 11) is 0. The summed E-state index contributed by atoms with van der Waals surface area (Å²) in [6.07, 6.45) is 5.13. The van der Waals surface area contributed by atoms with E-state index in [2.05, 4.69) is 0 Å². The van der Waals surface area contributed by atoms with Crippen LogP contribution in [0.2, 0.25) is 0 Å². The first-order valence-corrected chi connectivity index (χ1v) is 9.69. The van der Waals surface area contributed by atoms with Crippen LogP contribution in [0, 0.1) is 0 Å². The molecule has 2 aromatic rings. The van der Waals surface area contributed by atoms with Gasteiger partial charge in [-0.3, -0.25) is 4.79 Å². The van der Waals surface area contributed by atoms with Crippen LogP contribution in [0.5, 0.6) is 0 Å². The number of esters is 1. The molecule has 0 spiro atoms. The fourth-order valence-corrected chi connectivity index (χ4v) is 5.00. The molecule has 4 nitrogen and oxygen atoms in total. The highest BCUT2D eigenvalue weighted by Crippen LogP contribution is 2.32. The molecule has 1 aliphatic heterocycles. The molecule has 25 heavy (non-hydrogen) atoms. The number of anilines is 1. The molecule has 5 heteroatoms. The van der Waals surface area contributed by atoms with E-state index in [1.54, 1.807) is 16.2 Å². The maximum atomic E-state index is 12.6. The number of nitrogens with zero attached hydrogens (tertiary/aromatic N) is 1. The minimum Gasteiger partial charge on any atom is -0.452 e. The lowest BCUT2D eigenvalue weighted by molar-refractivity contribution is -0.122. The average molecular weight is 355 g/mol. The number of carbonyl (C=O) groups excluding carboxylic acids is 2.